The molecule has 4 atom stereocenters. The molecule has 3 aliphatic rings. The summed E-state index contributed by atoms with van der Waals surface area (Å²) in [5.41, 5.74) is 3.02. The molecule has 0 radical (unpaired) electrons. The van der Waals surface area contributed by atoms with Gasteiger partial charge in [-0.3, -0.25) is 0 Å². The van der Waals surface area contributed by atoms with Crippen LogP contribution in [0.3, 0.4) is 0 Å². The molecular weight excluding hydrogens is 468 g/mol. The number of carbonyl (C=O) groups is 2. The highest BCUT2D eigenvalue weighted by atomic mass is 16.7. The molecule has 0 amide bonds. The van der Waals surface area contributed by atoms with Gasteiger partial charge in [-0.05, 0) is 66.0 Å². The number of hydrogen-bond donors (Lipinski definition) is 0. The van der Waals surface area contributed by atoms with Gasteiger partial charge in [-0.1, -0.05) is 48.6 Å². The quantitative estimate of drug-likeness (QED) is 0.291. The van der Waals surface area contributed by atoms with Gasteiger partial charge in [-0.2, -0.15) is 0 Å². The Balaban J connectivity index is 1.49. The Labute approximate surface area is 216 Å². The molecule has 2 aromatic rings. The second kappa shape index (κ2) is 11.0. The minimum atomic E-state index is -0.355. The van der Waals surface area contributed by atoms with Gasteiger partial charge in [-0.25, -0.2) is 9.59 Å². The number of hydrogen-bond acceptors (Lipinski definition) is 6. The van der Waals surface area contributed by atoms with Crippen LogP contribution >= 0.6 is 0 Å². The van der Waals surface area contributed by atoms with Gasteiger partial charge in [0.15, 0.2) is 6.79 Å². The molecule has 0 aromatic heterocycles. The SMILES string of the molecule is CCOC(=O)/C=C/C1=CC2C=CC3OCOc4ccc5cc(/C=C/C(=O)OCC)ccc5c4C3C2C=C1. The van der Waals surface area contributed by atoms with Gasteiger partial charge in [0.05, 0.1) is 19.3 Å². The lowest BCUT2D eigenvalue weighted by Gasteiger charge is -2.38. The van der Waals surface area contributed by atoms with E-state index in [0.717, 1.165) is 33.2 Å². The van der Waals surface area contributed by atoms with E-state index >= 15 is 0 Å². The molecule has 1 aliphatic heterocycles. The van der Waals surface area contributed by atoms with Crippen LogP contribution in [0.5, 0.6) is 5.75 Å². The maximum Gasteiger partial charge on any atom is 0.330 e. The van der Waals surface area contributed by atoms with Gasteiger partial charge < -0.3 is 18.9 Å². The van der Waals surface area contributed by atoms with E-state index in [1.54, 1.807) is 26.0 Å². The smallest absolute Gasteiger partial charge is 0.330 e. The summed E-state index contributed by atoms with van der Waals surface area (Å²) in [7, 11) is 0. The zero-order chi connectivity index (χ0) is 25.8. The Kier molecular flexibility index (Phi) is 7.37. The molecule has 2 aliphatic carbocycles. The van der Waals surface area contributed by atoms with Crippen molar-refractivity contribution < 1.29 is 28.5 Å². The van der Waals surface area contributed by atoms with Crippen molar-refractivity contribution in [3.63, 3.8) is 0 Å². The monoisotopic (exact) mass is 498 g/mol. The van der Waals surface area contributed by atoms with Crippen molar-refractivity contribution >= 4 is 28.8 Å². The fourth-order valence-corrected chi connectivity index (χ4v) is 5.30. The molecule has 0 bridgehead atoms. The van der Waals surface area contributed by atoms with Crippen LogP contribution in [0.1, 0.15) is 30.9 Å². The molecule has 190 valence electrons. The zero-order valence-electron chi connectivity index (χ0n) is 21.0. The summed E-state index contributed by atoms with van der Waals surface area (Å²) in [5.74, 6) is 0.513. The standard InChI is InChI=1S/C31H30O6/c1-3-34-28(32)15-7-20-5-11-24-22(17-20)9-13-26-30(24)31-25-12-6-21(8-16-29(33)35-4-2)18-23(25)10-14-27(31)37-19-36-26/h5-18,22,24,26,30H,3-4,19H2,1-2H3/b15-7+,16-8+. The molecule has 0 saturated carbocycles. The van der Waals surface area contributed by atoms with E-state index in [2.05, 4.69) is 42.5 Å². The molecule has 4 unspecified atom stereocenters. The van der Waals surface area contributed by atoms with Crippen LogP contribution in [0.2, 0.25) is 0 Å². The van der Waals surface area contributed by atoms with Crippen molar-refractivity contribution in [1.82, 2.24) is 0 Å². The molecule has 37 heavy (non-hydrogen) atoms. The van der Waals surface area contributed by atoms with Crippen molar-refractivity contribution in [3.05, 3.63) is 95.6 Å². The van der Waals surface area contributed by atoms with Crippen LogP contribution in [-0.4, -0.2) is 38.0 Å². The first-order valence-electron chi connectivity index (χ1n) is 12.7. The Bertz CT molecular complexity index is 1340. The predicted octanol–water partition coefficient (Wildman–Crippen LogP) is 5.65. The van der Waals surface area contributed by atoms with Gasteiger partial charge in [0.1, 0.15) is 5.75 Å². The van der Waals surface area contributed by atoms with Crippen LogP contribution in [0, 0.1) is 11.8 Å². The lowest BCUT2D eigenvalue weighted by atomic mass is 9.68. The minimum absolute atomic E-state index is 0.0558. The van der Waals surface area contributed by atoms with Gasteiger partial charge in [0, 0.05) is 29.6 Å². The number of rotatable bonds is 6. The summed E-state index contributed by atoms with van der Waals surface area (Å²) in [6, 6.07) is 10.2. The highest BCUT2D eigenvalue weighted by Crippen LogP contribution is 2.49. The maximum absolute atomic E-state index is 11.8. The first kappa shape index (κ1) is 24.8. The van der Waals surface area contributed by atoms with Gasteiger partial charge in [-0.15, -0.1) is 0 Å². The molecule has 1 heterocycles. The zero-order valence-corrected chi connectivity index (χ0v) is 21.0. The Hall–Kier alpha value is -3.90. The maximum atomic E-state index is 11.8. The Morgan fingerprint density at radius 2 is 1.76 bits per heavy atom. The third-order valence-corrected chi connectivity index (χ3v) is 6.88. The van der Waals surface area contributed by atoms with Gasteiger partial charge in [0.2, 0.25) is 0 Å². The number of allylic oxidation sites excluding steroid dienone is 6. The lowest BCUT2D eigenvalue weighted by molar-refractivity contribution is -0.138. The van der Waals surface area contributed by atoms with E-state index < -0.39 is 0 Å². The van der Waals surface area contributed by atoms with Crippen molar-refractivity contribution in [2.24, 2.45) is 11.8 Å². The van der Waals surface area contributed by atoms with Crippen LogP contribution in [0.15, 0.2) is 84.5 Å². The van der Waals surface area contributed by atoms with Crippen molar-refractivity contribution in [2.75, 3.05) is 20.0 Å². The van der Waals surface area contributed by atoms with E-state index in [0.29, 0.717) is 13.2 Å². The summed E-state index contributed by atoms with van der Waals surface area (Å²) in [4.78, 5) is 23.5. The fourth-order valence-electron chi connectivity index (χ4n) is 5.30. The normalized spacial score (nSPS) is 24.1. The summed E-state index contributed by atoms with van der Waals surface area (Å²) in [5, 5.41) is 2.17. The highest BCUT2D eigenvalue weighted by molar-refractivity contribution is 5.92. The fraction of sp³-hybridized carbons (Fsp3) is 0.290. The van der Waals surface area contributed by atoms with E-state index in [4.69, 9.17) is 18.9 Å². The second-order valence-corrected chi connectivity index (χ2v) is 9.11. The number of ether oxygens (including phenoxy) is 4. The average molecular weight is 499 g/mol. The van der Waals surface area contributed by atoms with Gasteiger partial charge >= 0.3 is 11.9 Å². The molecule has 0 saturated heterocycles. The summed E-state index contributed by atoms with van der Waals surface area (Å²) < 4.78 is 22.2. The van der Waals surface area contributed by atoms with Crippen molar-refractivity contribution in [3.8, 4) is 5.75 Å². The first-order valence-corrected chi connectivity index (χ1v) is 12.7. The van der Waals surface area contributed by atoms with Crippen LogP contribution in [0.25, 0.3) is 16.8 Å². The van der Waals surface area contributed by atoms with Crippen molar-refractivity contribution in [1.29, 1.82) is 0 Å². The lowest BCUT2D eigenvalue weighted by Crippen LogP contribution is -2.33. The van der Waals surface area contributed by atoms with E-state index in [1.165, 1.54) is 12.2 Å². The summed E-state index contributed by atoms with van der Waals surface area (Å²) >= 11 is 0. The number of benzene rings is 2. The van der Waals surface area contributed by atoms with E-state index in [1.807, 2.05) is 18.2 Å². The average Bonchev–Trinajstić information content (AvgIpc) is 3.10. The molecule has 0 spiro atoms. The van der Waals surface area contributed by atoms with Crippen molar-refractivity contribution in [2.45, 2.75) is 25.9 Å². The number of carbonyl (C=O) groups excluding carboxylic acids is 2. The van der Waals surface area contributed by atoms with E-state index in [-0.39, 0.29) is 42.6 Å². The summed E-state index contributed by atoms with van der Waals surface area (Å²) in [6.07, 6.45) is 17.1. The van der Waals surface area contributed by atoms with Crippen LogP contribution < -0.4 is 4.74 Å². The third-order valence-electron chi connectivity index (χ3n) is 6.88. The molecular formula is C31H30O6. The van der Waals surface area contributed by atoms with Crippen LogP contribution in [-0.2, 0) is 23.8 Å². The molecule has 5 rings (SSSR count). The second-order valence-electron chi connectivity index (χ2n) is 9.11. The molecule has 0 fully saturated rings. The molecule has 6 nitrogen and oxygen atoms in total. The predicted molar refractivity (Wildman–Crippen MR) is 142 cm³/mol. The molecule has 2 aromatic carbocycles. The number of fused-ring (bicyclic) bond motifs is 7. The Morgan fingerprint density at radius 3 is 2.54 bits per heavy atom. The highest BCUT2D eigenvalue weighted by Gasteiger charge is 2.40. The van der Waals surface area contributed by atoms with E-state index in [9.17, 15) is 9.59 Å². The topological polar surface area (TPSA) is 71.1 Å². The first-order chi connectivity index (χ1) is 18.1. The Morgan fingerprint density at radius 1 is 0.973 bits per heavy atom. The summed E-state index contributed by atoms with van der Waals surface area (Å²) in [6.45, 7) is 4.47. The molecule has 0 N–H and O–H groups in total. The third kappa shape index (κ3) is 5.30. The van der Waals surface area contributed by atoms with Crippen LogP contribution in [0.4, 0.5) is 0 Å². The molecule has 6 heteroatoms. The minimum Gasteiger partial charge on any atom is -0.467 e. The largest absolute Gasteiger partial charge is 0.467 e. The number of esters is 2. The van der Waals surface area contributed by atoms with Gasteiger partial charge in [0.25, 0.3) is 0 Å².